The molecule has 1 aliphatic heterocycles. The SMILES string of the molecule is C#CC#CC#CC#CC.C#CC#CC#CC#CC#C.C#CC#CC#CC#CC#CC.Cc1ccc2c(c1)C(=O)c1nc3ncccc3c(=O)n1-2.[2HH]. The van der Waals surface area contributed by atoms with Crippen LogP contribution in [0.1, 0.15) is 37.0 Å². The van der Waals surface area contributed by atoms with Crippen LogP contribution in [0, 0.1) is 175 Å². The molecule has 0 atom stereocenters. The van der Waals surface area contributed by atoms with Gasteiger partial charge in [-0.15, -0.1) is 25.7 Å². The van der Waals surface area contributed by atoms with Gasteiger partial charge in [-0.2, -0.15) is 0 Å². The lowest BCUT2D eigenvalue weighted by Gasteiger charge is -2.04. The number of hydrogen-bond donors (Lipinski definition) is 0. The molecule has 3 heterocycles. The maximum Gasteiger partial charge on any atom is 0.267 e. The maximum absolute atomic E-state index is 12.5. The molecule has 228 valence electrons. The highest BCUT2D eigenvalue weighted by Gasteiger charge is 2.30. The second-order valence-corrected chi connectivity index (χ2v) is 8.13. The second kappa shape index (κ2) is 24.4. The van der Waals surface area contributed by atoms with Gasteiger partial charge in [0.2, 0.25) is 5.78 Å². The van der Waals surface area contributed by atoms with Crippen molar-refractivity contribution in [3.8, 4) is 173 Å². The summed E-state index contributed by atoms with van der Waals surface area (Å²) < 4.78 is 1.38. The molecule has 2 aromatic heterocycles. The highest BCUT2D eigenvalue weighted by atomic mass is 16.1. The minimum Gasteiger partial charge on any atom is -0.285 e. The monoisotopic (exact) mass is 636 g/mol. The number of aryl methyl sites for hydroxylation is 1. The number of aromatic nitrogens is 3. The number of hydrogen-bond acceptors (Lipinski definition) is 4. The summed E-state index contributed by atoms with van der Waals surface area (Å²) in [6.45, 7) is 5.33. The molecule has 5 nitrogen and oxygen atoms in total. The number of pyridine rings is 1. The van der Waals surface area contributed by atoms with Crippen LogP contribution in [-0.2, 0) is 0 Å². The molecule has 0 unspecified atom stereocenters. The molecule has 0 spiro atoms. The number of carbonyl (C=O) groups is 1. The molecule has 0 amide bonds. The van der Waals surface area contributed by atoms with Crippen LogP contribution in [0.15, 0.2) is 41.3 Å². The van der Waals surface area contributed by atoms with E-state index in [9.17, 15) is 9.59 Å². The average Bonchev–Trinajstić information content (AvgIpc) is 3.40. The summed E-state index contributed by atoms with van der Waals surface area (Å²) in [5.41, 5.74) is 2.14. The predicted molar refractivity (Wildman–Crippen MR) is 200 cm³/mol. The topological polar surface area (TPSA) is 64.8 Å². The van der Waals surface area contributed by atoms with Crippen molar-refractivity contribution in [3.63, 3.8) is 0 Å². The largest absolute Gasteiger partial charge is 0.285 e. The van der Waals surface area contributed by atoms with E-state index in [0.717, 1.165) is 5.56 Å². The van der Waals surface area contributed by atoms with E-state index in [-0.39, 0.29) is 18.6 Å². The van der Waals surface area contributed by atoms with Gasteiger partial charge < -0.3 is 0 Å². The molecule has 0 N–H and O–H groups in total. The third-order valence-electron chi connectivity index (χ3n) is 4.96. The van der Waals surface area contributed by atoms with E-state index in [4.69, 9.17) is 25.7 Å². The third kappa shape index (κ3) is 13.8. The van der Waals surface area contributed by atoms with Crippen molar-refractivity contribution in [1.29, 1.82) is 0 Å². The highest BCUT2D eigenvalue weighted by molar-refractivity contribution is 6.13. The zero-order chi connectivity index (χ0) is 36.8. The fourth-order valence-electron chi connectivity index (χ4n) is 3.19. The van der Waals surface area contributed by atoms with Gasteiger partial charge in [0.25, 0.3) is 5.56 Å². The summed E-state index contributed by atoms with van der Waals surface area (Å²) >= 11 is 0. The predicted octanol–water partition coefficient (Wildman–Crippen LogP) is 3.45. The van der Waals surface area contributed by atoms with Gasteiger partial charge in [-0.3, -0.25) is 14.2 Å². The maximum atomic E-state index is 12.5. The van der Waals surface area contributed by atoms with E-state index in [1.54, 1.807) is 44.3 Å². The van der Waals surface area contributed by atoms with Gasteiger partial charge in [0.05, 0.1) is 16.6 Å². The summed E-state index contributed by atoms with van der Waals surface area (Å²) in [5.74, 6) is 57.2. The molecule has 0 radical (unpaired) electrons. The van der Waals surface area contributed by atoms with E-state index in [0.29, 0.717) is 22.3 Å². The minimum atomic E-state index is -0.256. The third-order valence-corrected chi connectivity index (χ3v) is 4.96. The molecule has 0 saturated carbocycles. The van der Waals surface area contributed by atoms with Gasteiger partial charge in [0.15, 0.2) is 11.5 Å². The Bertz CT molecular complexity index is 2690. The van der Waals surface area contributed by atoms with Gasteiger partial charge in [0, 0.05) is 7.62 Å². The normalized spacial score (nSPS) is 7.14. The molecule has 4 rings (SSSR count). The quantitative estimate of drug-likeness (QED) is 0.278. The van der Waals surface area contributed by atoms with E-state index >= 15 is 0 Å². The average molecular weight is 637 g/mol. The van der Waals surface area contributed by atoms with Gasteiger partial charge in [0.1, 0.15) is 0 Å². The van der Waals surface area contributed by atoms with E-state index in [1.165, 1.54) is 4.57 Å². The van der Waals surface area contributed by atoms with E-state index in [1.807, 2.05) is 13.0 Å². The van der Waals surface area contributed by atoms with Crippen LogP contribution < -0.4 is 5.56 Å². The van der Waals surface area contributed by atoms with Crippen molar-refractivity contribution in [2.75, 3.05) is 0 Å². The molecule has 50 heavy (non-hydrogen) atoms. The second-order valence-electron chi connectivity index (χ2n) is 8.13. The van der Waals surface area contributed by atoms with Crippen molar-refractivity contribution < 1.29 is 6.22 Å². The van der Waals surface area contributed by atoms with Crippen LogP contribution in [0.4, 0.5) is 0 Å². The van der Waals surface area contributed by atoms with Gasteiger partial charge >= 0.3 is 0 Å². The lowest BCUT2D eigenvalue weighted by Crippen LogP contribution is -2.21. The lowest BCUT2D eigenvalue weighted by molar-refractivity contribution is 0.103. The van der Waals surface area contributed by atoms with Gasteiger partial charge in [-0.25, -0.2) is 9.97 Å². The molecule has 5 heteroatoms. The molecular weight excluding hydrogens is 615 g/mol. The number of terminal acetylenes is 4. The zero-order valence-electron chi connectivity index (χ0n) is 26.9. The van der Waals surface area contributed by atoms with Crippen LogP contribution in [-0.4, -0.2) is 20.3 Å². The molecule has 0 fully saturated rings. The minimum absolute atomic E-state index is 0. The van der Waals surface area contributed by atoms with Crippen LogP contribution in [0.5, 0.6) is 0 Å². The Labute approximate surface area is 295 Å². The van der Waals surface area contributed by atoms with Crippen molar-refractivity contribution in [2.24, 2.45) is 0 Å². The molecule has 0 saturated heterocycles. The van der Waals surface area contributed by atoms with Crippen LogP contribution in [0.25, 0.3) is 16.7 Å². The Morgan fingerprint density at radius 3 is 1.50 bits per heavy atom. The molecule has 0 aliphatic carbocycles. The van der Waals surface area contributed by atoms with E-state index in [2.05, 4.69) is 152 Å². The molecule has 3 aromatic rings. The molecular formula is C45H21N3O2. The summed E-state index contributed by atoms with van der Waals surface area (Å²) in [6, 6.07) is 8.79. The first-order valence-corrected chi connectivity index (χ1v) is 13.6. The van der Waals surface area contributed by atoms with Gasteiger partial charge in [-0.1, -0.05) is 23.5 Å². The Balaban J connectivity index is 0.000000701. The lowest BCUT2D eigenvalue weighted by atomic mass is 10.1. The van der Waals surface area contributed by atoms with Crippen molar-refractivity contribution in [1.82, 2.24) is 14.5 Å². The Morgan fingerprint density at radius 1 is 0.620 bits per heavy atom. The fraction of sp³-hybridized carbons (Fsp3) is 0.0667. The van der Waals surface area contributed by atoms with E-state index < -0.39 is 0 Å². The Kier molecular flexibility index (Phi) is 19.0. The molecule has 0 bridgehead atoms. The first kappa shape index (κ1) is 39.0. The summed E-state index contributed by atoms with van der Waals surface area (Å²) in [6.07, 6.45) is 20.8. The number of rotatable bonds is 0. The summed E-state index contributed by atoms with van der Waals surface area (Å²) in [5, 5.41) is 0.414. The smallest absolute Gasteiger partial charge is 0.267 e. The summed E-state index contributed by atoms with van der Waals surface area (Å²) in [7, 11) is 0. The molecule has 1 aliphatic rings. The van der Waals surface area contributed by atoms with Crippen LogP contribution >= 0.6 is 0 Å². The number of ketones is 1. The Hall–Kier alpha value is -8.98. The van der Waals surface area contributed by atoms with Crippen molar-refractivity contribution in [2.45, 2.75) is 20.8 Å². The first-order valence-electron chi connectivity index (χ1n) is 13.6. The zero-order valence-corrected chi connectivity index (χ0v) is 26.9. The van der Waals surface area contributed by atoms with Gasteiger partial charge in [-0.05, 0) is 175 Å². The molecule has 1 aromatic carbocycles. The number of fused-ring (bicyclic) bond motifs is 4. The number of benzene rings is 1. The fourth-order valence-corrected chi connectivity index (χ4v) is 3.19. The first-order chi connectivity index (χ1) is 24.4. The highest BCUT2D eigenvalue weighted by Crippen LogP contribution is 2.26. The number of carbonyl (C=O) groups excluding carboxylic acids is 1. The standard InChI is InChI=1S/C15H9N3O2.C11H4.C10H2.C9H4.H2/c1-8-4-5-11-10(7-8)12(19)14-17-13-9(3-2-6-16-13)15(20)18(11)14;1-3-5-7-9-11-10-8-6-4-2;1-3-5-7-9-10-8-6-4-2;1-3-5-7-9-8-6-4-2;/h2-7H,1H3;1H,2H3;1-2H;1H,2H3;1H/i;;;;1+1. The van der Waals surface area contributed by atoms with Crippen molar-refractivity contribution in [3.05, 3.63) is 63.8 Å². The van der Waals surface area contributed by atoms with Crippen molar-refractivity contribution >= 4 is 16.8 Å². The Morgan fingerprint density at radius 2 is 1.06 bits per heavy atom. The number of nitrogens with zero attached hydrogens (tertiary/aromatic N) is 3. The van der Waals surface area contributed by atoms with Crippen LogP contribution in [0.2, 0.25) is 0 Å². The summed E-state index contributed by atoms with van der Waals surface area (Å²) in [4.78, 5) is 33.2. The van der Waals surface area contributed by atoms with Crippen LogP contribution in [0.3, 0.4) is 0 Å².